The molecule has 45 heavy (non-hydrogen) atoms. The summed E-state index contributed by atoms with van der Waals surface area (Å²) < 4.78 is 21.0. The number of carboxylic acid groups (broad SMARTS) is 1. The lowest BCUT2D eigenvalue weighted by Crippen LogP contribution is -2.99. The Balaban J connectivity index is 1.43. The molecule has 4 rings (SSSR count). The normalized spacial score (nSPS) is 15.0. The Morgan fingerprint density at radius 3 is 2.02 bits per heavy atom. The second-order valence-corrected chi connectivity index (χ2v) is 11.3. The number of quaternary nitrogens is 1. The lowest BCUT2D eigenvalue weighted by atomic mass is 9.98. The Morgan fingerprint density at radius 2 is 1.47 bits per heavy atom. The van der Waals surface area contributed by atoms with Crippen molar-refractivity contribution in [3.05, 3.63) is 94.7 Å². The number of esters is 1. The Morgan fingerprint density at radius 1 is 0.911 bits per heavy atom. The van der Waals surface area contributed by atoms with Crippen molar-refractivity contribution in [1.29, 1.82) is 0 Å². The average Bonchev–Trinajstić information content (AvgIpc) is 3.30. The van der Waals surface area contributed by atoms with Gasteiger partial charge < -0.3 is 34.6 Å². The quantitative estimate of drug-likeness (QED) is 0.145. The van der Waals surface area contributed by atoms with Crippen molar-refractivity contribution >= 4 is 29.9 Å². The molecule has 3 aromatic carbocycles. The first-order chi connectivity index (χ1) is 21.3. The van der Waals surface area contributed by atoms with Gasteiger partial charge in [-0.2, -0.15) is 5.23 Å². The van der Waals surface area contributed by atoms with Gasteiger partial charge in [-0.05, 0) is 56.0 Å². The molecule has 0 spiro atoms. The number of alkyl carbamates (subject to hydrolysis) is 1. The number of ether oxygens (including phenoxy) is 4. The summed E-state index contributed by atoms with van der Waals surface area (Å²) in [4.78, 5) is 50.5. The highest BCUT2D eigenvalue weighted by Gasteiger charge is 2.37. The SMILES string of the molecule is C[C@@H](OC(=O)OC(C(=O)OC(C)(C)C)c1ccccc1[NH+]([O-])O)[C@H](NC(=O)OCC1c2ccccc2-c2ccccc21)C(=O)O. The second kappa shape index (κ2) is 13.8. The molecule has 0 saturated carbocycles. The third kappa shape index (κ3) is 7.95. The number of aliphatic carboxylic acids is 1. The molecule has 13 heteroatoms. The molecule has 0 fully saturated rings. The molecule has 4 N–H and O–H groups in total. The molecule has 0 aromatic heterocycles. The van der Waals surface area contributed by atoms with Crippen LogP contribution in [0.1, 0.15) is 56.4 Å². The van der Waals surface area contributed by atoms with Crippen LogP contribution in [0.5, 0.6) is 0 Å². The summed E-state index contributed by atoms with van der Waals surface area (Å²) in [5, 5.41) is 32.0. The number of carboxylic acids is 1. The molecule has 0 bridgehead atoms. The Bertz CT molecular complexity index is 1520. The van der Waals surface area contributed by atoms with Crippen LogP contribution in [0.4, 0.5) is 15.3 Å². The zero-order valence-corrected chi connectivity index (χ0v) is 25.0. The highest BCUT2D eigenvalue weighted by molar-refractivity contribution is 5.83. The molecule has 0 aliphatic heterocycles. The Labute approximate surface area is 258 Å². The highest BCUT2D eigenvalue weighted by Crippen LogP contribution is 2.44. The number of hydrogen-bond acceptors (Lipinski definition) is 10. The molecule has 238 valence electrons. The number of hydrogen-bond donors (Lipinski definition) is 4. The van der Waals surface area contributed by atoms with Crippen LogP contribution in [-0.2, 0) is 28.5 Å². The van der Waals surface area contributed by atoms with E-state index >= 15 is 0 Å². The Hall–Kier alpha value is -4.98. The van der Waals surface area contributed by atoms with E-state index in [9.17, 15) is 34.7 Å². The van der Waals surface area contributed by atoms with E-state index in [1.54, 1.807) is 20.8 Å². The van der Waals surface area contributed by atoms with Crippen LogP contribution >= 0.6 is 0 Å². The lowest BCUT2D eigenvalue weighted by Gasteiger charge is -2.26. The second-order valence-electron chi connectivity index (χ2n) is 11.3. The predicted molar refractivity (Wildman–Crippen MR) is 157 cm³/mol. The van der Waals surface area contributed by atoms with Crippen molar-refractivity contribution in [1.82, 2.24) is 5.32 Å². The van der Waals surface area contributed by atoms with E-state index in [1.807, 2.05) is 48.5 Å². The summed E-state index contributed by atoms with van der Waals surface area (Å²) in [7, 11) is 0. The molecule has 1 amide bonds. The summed E-state index contributed by atoms with van der Waals surface area (Å²) >= 11 is 0. The van der Waals surface area contributed by atoms with E-state index in [0.717, 1.165) is 22.3 Å². The van der Waals surface area contributed by atoms with Gasteiger partial charge in [-0.3, -0.25) is 0 Å². The van der Waals surface area contributed by atoms with E-state index < -0.39 is 53.3 Å². The van der Waals surface area contributed by atoms with Gasteiger partial charge in [0.2, 0.25) is 6.10 Å². The summed E-state index contributed by atoms with van der Waals surface area (Å²) in [5.41, 5.74) is 2.43. The standard InChI is InChI=1S/C32H34N2O11/c1-18(43-31(39)44-27(29(37)45-32(2,3)4)23-15-9-10-16-25(23)34(40)41)26(28(35)36)33-30(38)42-17-24-21-13-7-5-11-19(21)20-12-6-8-14-22(20)24/h5-16,18,24,26-27,34,40H,17H2,1-4H3,(H,33,38)(H,35,36)/t18-,26+,27?/m1/s1. The van der Waals surface area contributed by atoms with Crippen LogP contribution in [0.2, 0.25) is 0 Å². The highest BCUT2D eigenvalue weighted by atomic mass is 16.8. The first kappa shape index (κ1) is 32.9. The fraction of sp³-hybridized carbons (Fsp3) is 0.312. The van der Waals surface area contributed by atoms with Gasteiger partial charge in [-0.1, -0.05) is 60.7 Å². The minimum absolute atomic E-state index is 0.0793. The molecule has 1 aliphatic rings. The number of carbonyl (C=O) groups is 4. The molecular formula is C32H34N2O11. The number of fused-ring (bicyclic) bond motifs is 3. The third-order valence-corrected chi connectivity index (χ3v) is 6.94. The molecule has 0 radical (unpaired) electrons. The summed E-state index contributed by atoms with van der Waals surface area (Å²) in [6.45, 7) is 5.81. The van der Waals surface area contributed by atoms with Gasteiger partial charge in [0, 0.05) is 12.0 Å². The number of amides is 1. The number of rotatable bonds is 10. The van der Waals surface area contributed by atoms with E-state index in [-0.39, 0.29) is 23.8 Å². The zero-order chi connectivity index (χ0) is 32.9. The van der Waals surface area contributed by atoms with Gasteiger partial charge in [0.1, 0.15) is 18.3 Å². The minimum Gasteiger partial charge on any atom is -0.595 e. The van der Waals surface area contributed by atoms with Crippen molar-refractivity contribution in [2.24, 2.45) is 0 Å². The topological polar surface area (TPSA) is 185 Å². The Kier molecular flexibility index (Phi) is 10.1. The predicted octanol–water partition coefficient (Wildman–Crippen LogP) is 4.01. The summed E-state index contributed by atoms with van der Waals surface area (Å²) in [6, 6.07) is 19.0. The van der Waals surface area contributed by atoms with Crippen LogP contribution in [0.3, 0.4) is 0 Å². The van der Waals surface area contributed by atoms with Crippen LogP contribution < -0.4 is 10.5 Å². The largest absolute Gasteiger partial charge is 0.595 e. The van der Waals surface area contributed by atoms with E-state index in [1.165, 1.54) is 31.2 Å². The maximum Gasteiger partial charge on any atom is 0.509 e. The summed E-state index contributed by atoms with van der Waals surface area (Å²) in [5.74, 6) is -2.88. The van der Waals surface area contributed by atoms with Crippen LogP contribution in [0, 0.1) is 5.21 Å². The van der Waals surface area contributed by atoms with Gasteiger partial charge in [0.25, 0.3) is 0 Å². The van der Waals surface area contributed by atoms with Crippen molar-refractivity contribution in [3.8, 4) is 11.1 Å². The molecular weight excluding hydrogens is 588 g/mol. The van der Waals surface area contributed by atoms with Crippen molar-refractivity contribution in [2.75, 3.05) is 6.61 Å². The number of nitrogens with one attached hydrogen (secondary N) is 2. The van der Waals surface area contributed by atoms with Gasteiger partial charge in [-0.25, -0.2) is 24.4 Å². The maximum atomic E-state index is 13.0. The fourth-order valence-corrected chi connectivity index (χ4v) is 5.01. The van der Waals surface area contributed by atoms with Gasteiger partial charge >= 0.3 is 24.2 Å². The van der Waals surface area contributed by atoms with Crippen LogP contribution in [0.15, 0.2) is 72.8 Å². The first-order valence-corrected chi connectivity index (χ1v) is 14.0. The monoisotopic (exact) mass is 622 g/mol. The molecule has 4 atom stereocenters. The van der Waals surface area contributed by atoms with Gasteiger partial charge in [0.05, 0.1) is 5.56 Å². The van der Waals surface area contributed by atoms with E-state index in [4.69, 9.17) is 18.9 Å². The number of para-hydroxylation sites is 1. The van der Waals surface area contributed by atoms with Crippen molar-refractivity contribution in [2.45, 2.75) is 57.5 Å². The van der Waals surface area contributed by atoms with Gasteiger partial charge in [0.15, 0.2) is 11.7 Å². The van der Waals surface area contributed by atoms with Crippen LogP contribution in [-0.4, -0.2) is 58.9 Å². The van der Waals surface area contributed by atoms with Crippen molar-refractivity contribution in [3.63, 3.8) is 0 Å². The minimum atomic E-state index is -1.85. The molecule has 1 aliphatic carbocycles. The fourth-order valence-electron chi connectivity index (χ4n) is 5.01. The molecule has 13 nitrogen and oxygen atoms in total. The molecule has 0 heterocycles. The number of benzene rings is 3. The number of carbonyl (C=O) groups excluding carboxylic acids is 3. The van der Waals surface area contributed by atoms with Gasteiger partial charge in [-0.15, -0.1) is 0 Å². The van der Waals surface area contributed by atoms with Crippen LogP contribution in [0.25, 0.3) is 11.1 Å². The molecule has 2 unspecified atom stereocenters. The summed E-state index contributed by atoms with van der Waals surface area (Å²) in [6.07, 6.45) is -5.92. The third-order valence-electron chi connectivity index (χ3n) is 6.94. The lowest BCUT2D eigenvalue weighted by molar-refractivity contribution is -0.991. The first-order valence-electron chi connectivity index (χ1n) is 14.0. The maximum absolute atomic E-state index is 13.0. The van der Waals surface area contributed by atoms with E-state index in [0.29, 0.717) is 0 Å². The van der Waals surface area contributed by atoms with Crippen molar-refractivity contribution < 1.29 is 53.7 Å². The smallest absolute Gasteiger partial charge is 0.509 e. The molecule has 0 saturated heterocycles. The van der Waals surface area contributed by atoms with E-state index in [2.05, 4.69) is 5.32 Å². The average molecular weight is 623 g/mol. The zero-order valence-electron chi connectivity index (χ0n) is 25.0. The molecule has 3 aromatic rings.